The van der Waals surface area contributed by atoms with E-state index in [1.807, 2.05) is 83.6 Å². The van der Waals surface area contributed by atoms with Gasteiger partial charge >= 0.3 is 29.6 Å². The van der Waals surface area contributed by atoms with Crippen LogP contribution in [0.3, 0.4) is 0 Å². The van der Waals surface area contributed by atoms with Gasteiger partial charge in [-0.1, -0.05) is 42.5 Å². The number of carbonyl (C=O) groups excluding carboxylic acids is 1. The summed E-state index contributed by atoms with van der Waals surface area (Å²) < 4.78 is 5.98. The number of ether oxygens (including phenoxy) is 1. The molecule has 6 nitrogen and oxygen atoms in total. The predicted octanol–water partition coefficient (Wildman–Crippen LogP) is -0.722. The maximum absolute atomic E-state index is 11.8. The molecule has 160 valence electrons. The monoisotopic (exact) mass is 439 g/mol. The average molecular weight is 439 g/mol. The number of carboxylic acids is 1. The van der Waals surface area contributed by atoms with Crippen molar-refractivity contribution in [1.29, 1.82) is 0 Å². The molecule has 1 aliphatic heterocycles. The van der Waals surface area contributed by atoms with E-state index >= 15 is 0 Å². The van der Waals surface area contributed by atoms with Crippen molar-refractivity contribution in [2.24, 2.45) is 0 Å². The second kappa shape index (κ2) is 11.5. The minimum Gasteiger partial charge on any atom is -0.548 e. The second-order valence-corrected chi connectivity index (χ2v) is 7.82. The fourth-order valence-electron chi connectivity index (χ4n) is 3.92. The number of fused-ring (bicyclic) bond motifs is 1. The summed E-state index contributed by atoms with van der Waals surface area (Å²) in [5, 5.41) is 11.8. The molecule has 4 rings (SSSR count). The van der Waals surface area contributed by atoms with Crippen molar-refractivity contribution in [3.05, 3.63) is 89.6 Å². The fraction of sp³-hybridized carbons (Fsp3) is 0.280. The topological polar surface area (TPSA) is 68.7 Å². The third-order valence-corrected chi connectivity index (χ3v) is 5.64. The Balaban J connectivity index is 0.00000289. The van der Waals surface area contributed by atoms with Gasteiger partial charge in [-0.15, -0.1) is 0 Å². The Morgan fingerprint density at radius 1 is 1.12 bits per heavy atom. The molecule has 2 heterocycles. The van der Waals surface area contributed by atoms with E-state index in [4.69, 9.17) is 4.74 Å². The smallest absolute Gasteiger partial charge is 0.548 e. The van der Waals surface area contributed by atoms with Crippen LogP contribution in [-0.2, 0) is 24.3 Å². The number of carboxylic acid groups (broad SMARTS) is 1. The Kier molecular flexibility index (Phi) is 8.70. The molecule has 0 unspecified atom stereocenters. The summed E-state index contributed by atoms with van der Waals surface area (Å²) in [5.74, 6) is 0.667. The number of nitrogens with zero attached hydrogens (tertiary/aromatic N) is 3. The second-order valence-electron chi connectivity index (χ2n) is 7.82. The maximum Gasteiger partial charge on any atom is 1.00 e. The SMILES string of the molecule is CN(CCOc1ccc2c(c1)CN(Cc1ccccc1)[C@H](C(=O)[O-])C2)c1ccccn1.[Na+]. The summed E-state index contributed by atoms with van der Waals surface area (Å²) in [6.45, 7) is 2.36. The van der Waals surface area contributed by atoms with Crippen molar-refractivity contribution < 1.29 is 44.2 Å². The van der Waals surface area contributed by atoms with Crippen molar-refractivity contribution in [2.75, 3.05) is 25.1 Å². The molecule has 0 spiro atoms. The third kappa shape index (κ3) is 6.11. The van der Waals surface area contributed by atoms with E-state index < -0.39 is 12.0 Å². The molecule has 0 N–H and O–H groups in total. The van der Waals surface area contributed by atoms with Gasteiger partial charge in [0.1, 0.15) is 18.2 Å². The van der Waals surface area contributed by atoms with Crippen LogP contribution in [0.4, 0.5) is 5.82 Å². The van der Waals surface area contributed by atoms with Crippen molar-refractivity contribution >= 4 is 11.8 Å². The number of hydrogen-bond donors (Lipinski definition) is 0. The number of aliphatic carboxylic acids is 1. The molecule has 0 saturated heterocycles. The molecular weight excluding hydrogens is 413 g/mol. The van der Waals surface area contributed by atoms with Gasteiger partial charge in [0.05, 0.1) is 18.6 Å². The minimum absolute atomic E-state index is 0. The summed E-state index contributed by atoms with van der Waals surface area (Å²) >= 11 is 0. The number of carbonyl (C=O) groups is 1. The van der Waals surface area contributed by atoms with E-state index in [1.165, 1.54) is 0 Å². The fourth-order valence-corrected chi connectivity index (χ4v) is 3.92. The maximum atomic E-state index is 11.8. The summed E-state index contributed by atoms with van der Waals surface area (Å²) in [5.41, 5.74) is 3.22. The van der Waals surface area contributed by atoms with Gasteiger partial charge < -0.3 is 19.5 Å². The molecule has 0 fully saturated rings. The molecule has 0 saturated carbocycles. The van der Waals surface area contributed by atoms with Crippen molar-refractivity contribution in [3.63, 3.8) is 0 Å². The van der Waals surface area contributed by atoms with Gasteiger partial charge in [-0.25, -0.2) is 4.98 Å². The summed E-state index contributed by atoms with van der Waals surface area (Å²) in [7, 11) is 1.99. The molecule has 2 aromatic carbocycles. The van der Waals surface area contributed by atoms with Crippen LogP contribution in [0.15, 0.2) is 72.9 Å². The van der Waals surface area contributed by atoms with Crippen LogP contribution in [0.1, 0.15) is 16.7 Å². The normalized spacial score (nSPS) is 15.3. The Hall–Kier alpha value is -2.38. The van der Waals surface area contributed by atoms with Crippen LogP contribution in [-0.4, -0.2) is 42.1 Å². The van der Waals surface area contributed by atoms with Crippen molar-refractivity contribution in [2.45, 2.75) is 25.6 Å². The van der Waals surface area contributed by atoms with Gasteiger partial charge in [-0.05, 0) is 47.4 Å². The largest absolute Gasteiger partial charge is 1.00 e. The molecule has 32 heavy (non-hydrogen) atoms. The molecular formula is C25H26N3NaO3. The van der Waals surface area contributed by atoms with Crippen LogP contribution in [0, 0.1) is 0 Å². The van der Waals surface area contributed by atoms with Gasteiger partial charge in [0.15, 0.2) is 0 Å². The number of pyridine rings is 1. The van der Waals surface area contributed by atoms with Gasteiger partial charge in [0, 0.05) is 26.3 Å². The van der Waals surface area contributed by atoms with Crippen LogP contribution >= 0.6 is 0 Å². The summed E-state index contributed by atoms with van der Waals surface area (Å²) in [4.78, 5) is 20.1. The first kappa shape index (κ1) is 24.3. The van der Waals surface area contributed by atoms with Crippen LogP contribution < -0.4 is 44.3 Å². The molecule has 0 aliphatic carbocycles. The Morgan fingerprint density at radius 3 is 2.62 bits per heavy atom. The van der Waals surface area contributed by atoms with Crippen LogP contribution in [0.5, 0.6) is 5.75 Å². The summed E-state index contributed by atoms with van der Waals surface area (Å²) in [6.07, 6.45) is 2.21. The molecule has 7 heteroatoms. The molecule has 1 aliphatic rings. The number of aromatic nitrogens is 1. The molecule has 0 radical (unpaired) electrons. The Bertz CT molecular complexity index is 1020. The van der Waals surface area contributed by atoms with E-state index in [2.05, 4.69) is 4.98 Å². The zero-order valence-electron chi connectivity index (χ0n) is 18.6. The Morgan fingerprint density at radius 2 is 1.91 bits per heavy atom. The predicted molar refractivity (Wildman–Crippen MR) is 118 cm³/mol. The Labute approximate surface area is 211 Å². The number of hydrogen-bond acceptors (Lipinski definition) is 6. The third-order valence-electron chi connectivity index (χ3n) is 5.64. The van der Waals surface area contributed by atoms with Crippen LogP contribution in [0.25, 0.3) is 0 Å². The summed E-state index contributed by atoms with van der Waals surface area (Å²) in [6, 6.07) is 21.0. The van der Waals surface area contributed by atoms with Gasteiger partial charge in [0.25, 0.3) is 0 Å². The van der Waals surface area contributed by atoms with E-state index in [9.17, 15) is 9.90 Å². The first-order valence-corrected chi connectivity index (χ1v) is 10.5. The van der Waals surface area contributed by atoms with Crippen molar-refractivity contribution in [1.82, 2.24) is 9.88 Å². The number of benzene rings is 2. The first-order chi connectivity index (χ1) is 15.1. The molecule has 1 aromatic heterocycles. The standard InChI is InChI=1S/C25H27N3O3.Na/c1-27(24-9-5-6-12-26-24)13-14-31-22-11-10-20-16-23(25(29)30)28(18-21(20)15-22)17-19-7-3-2-4-8-19;/h2-12,15,23H,13-14,16-18H2,1H3,(H,29,30);/q;+1/p-1/t23-;/m0./s1. The van der Waals surface area contributed by atoms with E-state index in [-0.39, 0.29) is 29.6 Å². The number of rotatable bonds is 8. The number of anilines is 1. The zero-order chi connectivity index (χ0) is 21.6. The van der Waals surface area contributed by atoms with E-state index in [0.717, 1.165) is 28.3 Å². The quantitative estimate of drug-likeness (QED) is 0.432. The van der Waals surface area contributed by atoms with Gasteiger partial charge in [-0.3, -0.25) is 4.90 Å². The minimum atomic E-state index is -1.03. The van der Waals surface area contributed by atoms with Gasteiger partial charge in [-0.2, -0.15) is 0 Å². The van der Waals surface area contributed by atoms with E-state index in [0.29, 0.717) is 32.7 Å². The molecule has 3 aromatic rings. The zero-order valence-corrected chi connectivity index (χ0v) is 20.6. The van der Waals surface area contributed by atoms with Crippen LogP contribution in [0.2, 0.25) is 0 Å². The average Bonchev–Trinajstić information content (AvgIpc) is 2.79. The molecule has 0 bridgehead atoms. The molecule has 1 atom stereocenters. The van der Waals surface area contributed by atoms with Crippen molar-refractivity contribution in [3.8, 4) is 5.75 Å². The van der Waals surface area contributed by atoms with Gasteiger partial charge in [0.2, 0.25) is 0 Å². The molecule has 0 amide bonds. The van der Waals surface area contributed by atoms with E-state index in [1.54, 1.807) is 6.20 Å². The number of likely N-dealkylation sites (N-methyl/N-ethyl adjacent to an activating group) is 1. The first-order valence-electron chi connectivity index (χ1n) is 10.5.